The first kappa shape index (κ1) is 23.4. The summed E-state index contributed by atoms with van der Waals surface area (Å²) < 4.78 is 0. The number of hydrogen-bond acceptors (Lipinski definition) is 6. The van der Waals surface area contributed by atoms with E-state index >= 15 is 0 Å². The number of amides is 2. The number of thiocarbonyl (C=S) groups is 1. The molecule has 11 heteroatoms. The topological polar surface area (TPSA) is 108 Å². The maximum Gasteiger partial charge on any atom is 0.270 e. The Balaban J connectivity index is 1.59. The van der Waals surface area contributed by atoms with Crippen molar-refractivity contribution < 1.29 is 14.5 Å². The van der Waals surface area contributed by atoms with E-state index in [2.05, 4.69) is 15.5 Å². The molecule has 32 heavy (non-hydrogen) atoms. The Hall–Kier alpha value is -3.24. The molecule has 0 aromatic heterocycles. The highest BCUT2D eigenvalue weighted by atomic mass is 35.5. The number of nitro groups is 1. The van der Waals surface area contributed by atoms with Gasteiger partial charge in [-0.1, -0.05) is 24.6 Å². The smallest absolute Gasteiger partial charge is 0.270 e. The zero-order valence-corrected chi connectivity index (χ0v) is 18.9. The van der Waals surface area contributed by atoms with Gasteiger partial charge in [-0.25, -0.2) is 0 Å². The highest BCUT2D eigenvalue weighted by molar-refractivity contribution is 7.80. The number of nitrogens with one attached hydrogen (secondary N) is 2. The van der Waals surface area contributed by atoms with Gasteiger partial charge in [0.2, 0.25) is 5.91 Å². The summed E-state index contributed by atoms with van der Waals surface area (Å²) >= 11 is 11.6. The summed E-state index contributed by atoms with van der Waals surface area (Å²) in [5.41, 5.74) is 1.38. The molecule has 9 nitrogen and oxygen atoms in total. The predicted octanol–water partition coefficient (Wildman–Crippen LogP) is 3.43. The maximum atomic E-state index is 12.3. The van der Waals surface area contributed by atoms with E-state index in [4.69, 9.17) is 23.8 Å². The Morgan fingerprint density at radius 1 is 1.16 bits per heavy atom. The van der Waals surface area contributed by atoms with Crippen LogP contribution in [0.25, 0.3) is 0 Å². The fourth-order valence-corrected chi connectivity index (χ4v) is 3.87. The van der Waals surface area contributed by atoms with Crippen molar-refractivity contribution >= 4 is 57.8 Å². The second kappa shape index (κ2) is 10.4. The highest BCUT2D eigenvalue weighted by Gasteiger charge is 2.21. The van der Waals surface area contributed by atoms with E-state index in [9.17, 15) is 19.7 Å². The SMILES string of the molecule is CCC(=O)N1CCN(c2ccc(NC(=S)NC(=O)c3cccc([N+](=O)[O-])c3)cc2Cl)CC1. The fourth-order valence-electron chi connectivity index (χ4n) is 3.36. The summed E-state index contributed by atoms with van der Waals surface area (Å²) in [4.78, 5) is 38.4. The average molecular weight is 476 g/mol. The minimum Gasteiger partial charge on any atom is -0.367 e. The first-order valence-electron chi connectivity index (χ1n) is 9.97. The minimum atomic E-state index is -0.571. The van der Waals surface area contributed by atoms with Crippen LogP contribution in [0.2, 0.25) is 5.02 Å². The van der Waals surface area contributed by atoms with Crippen molar-refractivity contribution in [3.05, 3.63) is 63.2 Å². The lowest BCUT2D eigenvalue weighted by atomic mass is 10.2. The molecule has 168 valence electrons. The third-order valence-electron chi connectivity index (χ3n) is 5.03. The Labute approximate surface area is 195 Å². The quantitative estimate of drug-likeness (QED) is 0.387. The highest BCUT2D eigenvalue weighted by Crippen LogP contribution is 2.29. The molecular formula is C21H22ClN5O4S. The number of nitrogens with zero attached hydrogens (tertiary/aromatic N) is 3. The van der Waals surface area contributed by atoms with Gasteiger partial charge in [0.25, 0.3) is 11.6 Å². The molecule has 0 saturated carbocycles. The fraction of sp³-hybridized carbons (Fsp3) is 0.286. The van der Waals surface area contributed by atoms with Gasteiger partial charge in [-0.2, -0.15) is 0 Å². The van der Waals surface area contributed by atoms with E-state index in [-0.39, 0.29) is 22.3 Å². The summed E-state index contributed by atoms with van der Waals surface area (Å²) in [5, 5.41) is 16.8. The Morgan fingerprint density at radius 2 is 1.88 bits per heavy atom. The largest absolute Gasteiger partial charge is 0.367 e. The van der Waals surface area contributed by atoms with Crippen molar-refractivity contribution in [2.45, 2.75) is 13.3 Å². The van der Waals surface area contributed by atoms with Gasteiger partial charge >= 0.3 is 0 Å². The maximum absolute atomic E-state index is 12.3. The number of halogens is 1. The molecule has 0 atom stereocenters. The van der Waals surface area contributed by atoms with Crippen molar-refractivity contribution in [2.75, 3.05) is 36.4 Å². The molecule has 2 aromatic carbocycles. The van der Waals surface area contributed by atoms with Crippen LogP contribution in [0.1, 0.15) is 23.7 Å². The normalized spacial score (nSPS) is 13.4. The number of rotatable bonds is 5. The van der Waals surface area contributed by atoms with Crippen molar-refractivity contribution in [1.29, 1.82) is 0 Å². The van der Waals surface area contributed by atoms with E-state index in [0.29, 0.717) is 43.3 Å². The van der Waals surface area contributed by atoms with E-state index in [0.717, 1.165) is 5.69 Å². The van der Waals surface area contributed by atoms with Crippen molar-refractivity contribution in [3.8, 4) is 0 Å². The van der Waals surface area contributed by atoms with Gasteiger partial charge < -0.3 is 15.1 Å². The van der Waals surface area contributed by atoms with Gasteiger partial charge in [-0.15, -0.1) is 0 Å². The van der Waals surface area contributed by atoms with Gasteiger partial charge in [-0.3, -0.25) is 25.0 Å². The van der Waals surface area contributed by atoms with Crippen molar-refractivity contribution in [2.24, 2.45) is 0 Å². The molecule has 1 heterocycles. The number of benzene rings is 2. The molecule has 3 rings (SSSR count). The Kier molecular flexibility index (Phi) is 7.60. The molecular weight excluding hydrogens is 454 g/mol. The lowest BCUT2D eigenvalue weighted by Crippen LogP contribution is -2.48. The lowest BCUT2D eigenvalue weighted by Gasteiger charge is -2.36. The molecule has 0 bridgehead atoms. The zero-order chi connectivity index (χ0) is 23.3. The second-order valence-corrected chi connectivity index (χ2v) is 7.92. The number of anilines is 2. The van der Waals surface area contributed by atoms with Crippen LogP contribution < -0.4 is 15.5 Å². The van der Waals surface area contributed by atoms with Crippen LogP contribution in [0.15, 0.2) is 42.5 Å². The monoisotopic (exact) mass is 475 g/mol. The molecule has 1 saturated heterocycles. The molecule has 2 aromatic rings. The zero-order valence-electron chi connectivity index (χ0n) is 17.3. The van der Waals surface area contributed by atoms with Crippen molar-refractivity contribution in [3.63, 3.8) is 0 Å². The molecule has 0 aliphatic carbocycles. The van der Waals surface area contributed by atoms with Crippen LogP contribution in [0.4, 0.5) is 17.1 Å². The minimum absolute atomic E-state index is 0.0389. The second-order valence-electron chi connectivity index (χ2n) is 7.10. The predicted molar refractivity (Wildman–Crippen MR) is 127 cm³/mol. The summed E-state index contributed by atoms with van der Waals surface area (Å²) in [6.45, 7) is 4.53. The summed E-state index contributed by atoms with van der Waals surface area (Å²) in [6, 6.07) is 10.7. The summed E-state index contributed by atoms with van der Waals surface area (Å²) in [5.74, 6) is -0.413. The molecule has 2 amide bonds. The number of carbonyl (C=O) groups is 2. The van der Waals surface area contributed by atoms with Crippen LogP contribution >= 0.6 is 23.8 Å². The Morgan fingerprint density at radius 3 is 2.50 bits per heavy atom. The first-order chi connectivity index (χ1) is 15.3. The van der Waals surface area contributed by atoms with Gasteiger partial charge in [0.1, 0.15) is 0 Å². The number of carbonyl (C=O) groups excluding carboxylic acids is 2. The summed E-state index contributed by atoms with van der Waals surface area (Å²) in [7, 11) is 0. The third kappa shape index (κ3) is 5.71. The van der Waals surface area contributed by atoms with Gasteiger partial charge in [0, 0.05) is 56.0 Å². The third-order valence-corrected chi connectivity index (χ3v) is 5.53. The number of non-ortho nitro benzene ring substituents is 1. The first-order valence-corrected chi connectivity index (χ1v) is 10.8. The molecule has 1 fully saturated rings. The average Bonchev–Trinajstić information content (AvgIpc) is 2.78. The van der Waals surface area contributed by atoms with Crippen LogP contribution in [-0.2, 0) is 4.79 Å². The molecule has 2 N–H and O–H groups in total. The molecule has 0 radical (unpaired) electrons. The van der Waals surface area contributed by atoms with Crippen LogP contribution in [0.3, 0.4) is 0 Å². The van der Waals surface area contributed by atoms with Gasteiger partial charge in [-0.05, 0) is 36.5 Å². The van der Waals surface area contributed by atoms with E-state index in [1.807, 2.05) is 17.9 Å². The number of piperazine rings is 1. The molecule has 0 unspecified atom stereocenters. The van der Waals surface area contributed by atoms with Crippen LogP contribution in [0.5, 0.6) is 0 Å². The Bertz CT molecular complexity index is 1060. The number of hydrogen-bond donors (Lipinski definition) is 2. The molecule has 1 aliphatic heterocycles. The van der Waals surface area contributed by atoms with Gasteiger partial charge in [0.05, 0.1) is 15.6 Å². The van der Waals surface area contributed by atoms with Crippen molar-refractivity contribution in [1.82, 2.24) is 10.2 Å². The van der Waals surface area contributed by atoms with Crippen LogP contribution in [0, 0.1) is 10.1 Å². The summed E-state index contributed by atoms with van der Waals surface area (Å²) in [6.07, 6.45) is 0.499. The molecule has 0 spiro atoms. The van der Waals surface area contributed by atoms with E-state index in [1.54, 1.807) is 12.1 Å². The lowest BCUT2D eigenvalue weighted by molar-refractivity contribution is -0.384. The van der Waals surface area contributed by atoms with Crippen LogP contribution in [-0.4, -0.2) is 52.9 Å². The van der Waals surface area contributed by atoms with E-state index in [1.165, 1.54) is 24.3 Å². The molecule has 1 aliphatic rings. The number of nitro benzene ring substituents is 1. The standard InChI is InChI=1S/C21H22ClN5O4S/c1-2-19(28)26-10-8-25(9-11-26)18-7-6-15(13-17(18)22)23-21(32)24-20(29)14-4-3-5-16(12-14)27(30)31/h3-7,12-13H,2,8-11H2,1H3,(H2,23,24,29,32). The van der Waals surface area contributed by atoms with E-state index < -0.39 is 10.8 Å². The van der Waals surface area contributed by atoms with Gasteiger partial charge in [0.15, 0.2) is 5.11 Å².